The average Bonchev–Trinajstić information content (AvgIpc) is 3.04. The number of imide groups is 1. The first-order valence-corrected chi connectivity index (χ1v) is 11.0. The Bertz CT molecular complexity index is 758. The van der Waals surface area contributed by atoms with E-state index in [0.29, 0.717) is 6.54 Å². The molecular formula is C22H36N4O7. The van der Waals surface area contributed by atoms with Gasteiger partial charge in [-0.25, -0.2) is 4.79 Å². The Labute approximate surface area is 194 Å². The molecule has 1 rings (SSSR count). The van der Waals surface area contributed by atoms with E-state index in [9.17, 15) is 19.2 Å². The van der Waals surface area contributed by atoms with Crippen molar-refractivity contribution in [1.29, 1.82) is 0 Å². The molecule has 1 aliphatic rings. The van der Waals surface area contributed by atoms with E-state index in [1.807, 2.05) is 27.7 Å². The van der Waals surface area contributed by atoms with Crippen molar-refractivity contribution in [2.45, 2.75) is 84.8 Å². The Balaban J connectivity index is 2.75. The third kappa shape index (κ3) is 12.0. The zero-order valence-electron chi connectivity index (χ0n) is 20.2. The molecule has 186 valence electrons. The van der Waals surface area contributed by atoms with Gasteiger partial charge in [0.1, 0.15) is 25.0 Å². The smallest absolute Gasteiger partial charge is 0.323 e. The monoisotopic (exact) mass is 468 g/mol. The molecule has 0 bridgehead atoms. The number of nitrogens with one attached hydrogen (secondary N) is 3. The van der Waals surface area contributed by atoms with Crippen molar-refractivity contribution in [2.24, 2.45) is 4.99 Å². The van der Waals surface area contributed by atoms with Gasteiger partial charge < -0.3 is 24.8 Å². The van der Waals surface area contributed by atoms with E-state index in [-0.39, 0.29) is 24.1 Å². The third-order valence-corrected chi connectivity index (χ3v) is 4.28. The van der Waals surface area contributed by atoms with E-state index in [4.69, 9.17) is 14.2 Å². The van der Waals surface area contributed by atoms with Crippen LogP contribution in [-0.2, 0) is 28.6 Å². The molecule has 1 aliphatic heterocycles. The zero-order valence-corrected chi connectivity index (χ0v) is 20.2. The fourth-order valence-electron chi connectivity index (χ4n) is 2.72. The Morgan fingerprint density at radius 1 is 1.15 bits per heavy atom. The van der Waals surface area contributed by atoms with Crippen LogP contribution in [0.15, 0.2) is 16.8 Å². The fraction of sp³-hybridized carbons (Fsp3) is 0.682. The molecule has 0 aromatic carbocycles. The van der Waals surface area contributed by atoms with E-state index in [0.717, 1.165) is 12.8 Å². The summed E-state index contributed by atoms with van der Waals surface area (Å²) < 4.78 is 15.7. The van der Waals surface area contributed by atoms with Crippen LogP contribution in [0, 0.1) is 0 Å². The van der Waals surface area contributed by atoms with Gasteiger partial charge in [0, 0.05) is 44.8 Å². The Morgan fingerprint density at radius 2 is 1.85 bits per heavy atom. The number of hydrogen-bond donors (Lipinski definition) is 3. The molecule has 0 aliphatic carbocycles. The number of nitrogens with zero attached hydrogens (tertiary/aromatic N) is 1. The van der Waals surface area contributed by atoms with Crippen molar-refractivity contribution in [3.63, 3.8) is 0 Å². The summed E-state index contributed by atoms with van der Waals surface area (Å²) in [6.07, 6.45) is 2.64. The van der Waals surface area contributed by atoms with Crippen LogP contribution in [0.25, 0.3) is 0 Å². The highest BCUT2D eigenvalue weighted by molar-refractivity contribution is 6.16. The molecule has 33 heavy (non-hydrogen) atoms. The minimum atomic E-state index is -0.846. The second-order valence-electron chi connectivity index (χ2n) is 8.66. The van der Waals surface area contributed by atoms with Gasteiger partial charge in [-0.15, -0.1) is 0 Å². The first-order valence-electron chi connectivity index (χ1n) is 11.0. The normalized spacial score (nSPS) is 20.9. The zero-order chi connectivity index (χ0) is 25.0. The van der Waals surface area contributed by atoms with Crippen LogP contribution in [-0.4, -0.2) is 67.2 Å². The van der Waals surface area contributed by atoms with E-state index < -0.39 is 42.3 Å². The molecule has 11 nitrogen and oxygen atoms in total. The Hall–Kier alpha value is -2.95. The fourth-order valence-corrected chi connectivity index (χ4v) is 2.72. The van der Waals surface area contributed by atoms with Gasteiger partial charge in [0.15, 0.2) is 0 Å². The van der Waals surface area contributed by atoms with Crippen LogP contribution < -0.4 is 16.0 Å². The predicted molar refractivity (Wildman–Crippen MR) is 121 cm³/mol. The number of hydrogen-bond acceptors (Lipinski definition) is 9. The molecule has 0 aromatic rings. The number of rotatable bonds is 10. The van der Waals surface area contributed by atoms with Crippen molar-refractivity contribution < 1.29 is 33.4 Å². The number of unbranched alkanes of at least 4 members (excludes halogenated alkanes) is 1. The summed E-state index contributed by atoms with van der Waals surface area (Å²) >= 11 is 0. The van der Waals surface area contributed by atoms with Crippen molar-refractivity contribution in [2.75, 3.05) is 13.2 Å². The summed E-state index contributed by atoms with van der Waals surface area (Å²) in [4.78, 5) is 51.7. The number of ether oxygens (including phenoxy) is 3. The number of amides is 3. The van der Waals surface area contributed by atoms with E-state index in [2.05, 4.69) is 20.9 Å². The number of aliphatic imine (C=N–C) groups is 1. The maximum absolute atomic E-state index is 12.6. The van der Waals surface area contributed by atoms with Crippen LogP contribution in [0.4, 0.5) is 4.79 Å². The van der Waals surface area contributed by atoms with Crippen molar-refractivity contribution in [3.05, 3.63) is 11.8 Å². The van der Waals surface area contributed by atoms with Gasteiger partial charge in [-0.3, -0.25) is 24.7 Å². The summed E-state index contributed by atoms with van der Waals surface area (Å²) in [5, 5.41) is 7.84. The van der Waals surface area contributed by atoms with Crippen LogP contribution in [0.5, 0.6) is 0 Å². The molecule has 1 heterocycles. The van der Waals surface area contributed by atoms with E-state index >= 15 is 0 Å². The number of carbonyl (C=O) groups is 4. The number of carbonyl (C=O) groups excluding carboxylic acids is 4. The minimum absolute atomic E-state index is 0.133. The maximum atomic E-state index is 12.6. The van der Waals surface area contributed by atoms with E-state index in [1.165, 1.54) is 26.3 Å². The second-order valence-corrected chi connectivity index (χ2v) is 8.66. The highest BCUT2D eigenvalue weighted by Crippen LogP contribution is 2.22. The van der Waals surface area contributed by atoms with Gasteiger partial charge in [0.05, 0.1) is 5.57 Å². The molecule has 0 spiro atoms. The standard InChI is InChI=1S/C22H36N4O7/c1-7-8-9-23-11-16(12-24-22(4,5)6)20(29)26-21(30)25-19-10-17(32-15(3)28)18(33-19)13-31-14(2)27/h11-12,17-19,24H,7-10,13H2,1-6H3,(H2,25,26,29,30)/b16-12-,23-11?/t17-,18+,19+/m0/s1. The van der Waals surface area contributed by atoms with Gasteiger partial charge in [0.2, 0.25) is 0 Å². The predicted octanol–water partition coefficient (Wildman–Crippen LogP) is 1.56. The lowest BCUT2D eigenvalue weighted by atomic mass is 10.1. The third-order valence-electron chi connectivity index (χ3n) is 4.28. The maximum Gasteiger partial charge on any atom is 0.323 e. The van der Waals surface area contributed by atoms with Gasteiger partial charge in [0.25, 0.3) is 5.91 Å². The van der Waals surface area contributed by atoms with Crippen LogP contribution in [0.1, 0.15) is 60.8 Å². The molecule has 0 radical (unpaired) electrons. The van der Waals surface area contributed by atoms with Gasteiger partial charge >= 0.3 is 18.0 Å². The molecule has 3 atom stereocenters. The van der Waals surface area contributed by atoms with Crippen LogP contribution in [0.3, 0.4) is 0 Å². The summed E-state index contributed by atoms with van der Waals surface area (Å²) in [5.41, 5.74) is -0.0974. The highest BCUT2D eigenvalue weighted by atomic mass is 16.6. The highest BCUT2D eigenvalue weighted by Gasteiger charge is 2.39. The van der Waals surface area contributed by atoms with Gasteiger partial charge in [-0.2, -0.15) is 0 Å². The lowest BCUT2D eigenvalue weighted by Crippen LogP contribution is -2.45. The molecule has 0 aromatic heterocycles. The average molecular weight is 469 g/mol. The topological polar surface area (TPSA) is 144 Å². The van der Waals surface area contributed by atoms with Crippen molar-refractivity contribution in [3.8, 4) is 0 Å². The number of esters is 2. The summed E-state index contributed by atoms with van der Waals surface area (Å²) in [6.45, 7) is 10.8. The molecule has 0 unspecified atom stereocenters. The lowest BCUT2D eigenvalue weighted by molar-refractivity contribution is -0.155. The molecule has 1 fully saturated rings. The minimum Gasteiger partial charge on any atom is -0.463 e. The summed E-state index contributed by atoms with van der Waals surface area (Å²) in [6, 6.07) is -0.789. The summed E-state index contributed by atoms with van der Waals surface area (Å²) in [5.74, 6) is -1.68. The SMILES string of the molecule is CCCCN=C/C(=C/NC(C)(C)C)C(=O)NC(=O)N[C@H]1C[C@H](OC(C)=O)[C@@H](COC(C)=O)O1. The second kappa shape index (κ2) is 13.6. The largest absolute Gasteiger partial charge is 0.463 e. The van der Waals surface area contributed by atoms with Gasteiger partial charge in [-0.05, 0) is 27.2 Å². The van der Waals surface area contributed by atoms with E-state index in [1.54, 1.807) is 0 Å². The molecular weight excluding hydrogens is 432 g/mol. The first kappa shape index (κ1) is 28.1. The Kier molecular flexibility index (Phi) is 11.5. The van der Waals surface area contributed by atoms with Crippen LogP contribution >= 0.6 is 0 Å². The molecule has 11 heteroatoms. The van der Waals surface area contributed by atoms with Crippen LogP contribution in [0.2, 0.25) is 0 Å². The quantitative estimate of drug-likeness (QED) is 0.190. The molecule has 1 saturated heterocycles. The first-order chi connectivity index (χ1) is 15.4. The molecule has 3 N–H and O–H groups in total. The van der Waals surface area contributed by atoms with Crippen molar-refractivity contribution >= 4 is 30.1 Å². The molecule has 0 saturated carbocycles. The Morgan fingerprint density at radius 3 is 2.42 bits per heavy atom. The summed E-state index contributed by atoms with van der Waals surface area (Å²) in [7, 11) is 0. The lowest BCUT2D eigenvalue weighted by Gasteiger charge is -2.19. The molecule has 3 amide bonds. The van der Waals surface area contributed by atoms with Gasteiger partial charge in [-0.1, -0.05) is 13.3 Å². The number of urea groups is 1. The van der Waals surface area contributed by atoms with Crippen molar-refractivity contribution in [1.82, 2.24) is 16.0 Å².